The molecule has 0 aliphatic carbocycles. The van der Waals surface area contributed by atoms with Crippen LogP contribution < -0.4 is 5.73 Å². The minimum atomic E-state index is -1.25. The molecule has 49 heavy (non-hydrogen) atoms. The van der Waals surface area contributed by atoms with Gasteiger partial charge in [0.25, 0.3) is 0 Å². The molecule has 2 heterocycles. The Kier molecular flexibility index (Phi) is 9.11. The number of aliphatic hydroxyl groups excluding tert-OH is 2. The lowest BCUT2D eigenvalue weighted by molar-refractivity contribution is -0.0408. The van der Waals surface area contributed by atoms with E-state index in [-0.39, 0.29) is 24.9 Å². The molecule has 4 atom stereocenters. The molecule has 5 N–H and O–H groups in total. The van der Waals surface area contributed by atoms with Crippen molar-refractivity contribution in [1.29, 1.82) is 0 Å². The molecule has 1 aromatic heterocycles. The lowest BCUT2D eigenvalue weighted by atomic mass is 9.91. The summed E-state index contributed by atoms with van der Waals surface area (Å²) in [7, 11) is 0. The number of fused-ring (bicyclic) bond motifs is 1. The van der Waals surface area contributed by atoms with Gasteiger partial charge in [0, 0.05) is 29.7 Å². The molecular formula is C40H38FN5O3. The third-order valence-corrected chi connectivity index (χ3v) is 9.41. The minimum Gasteiger partial charge on any atom is -0.399 e. The Labute approximate surface area is 284 Å². The zero-order chi connectivity index (χ0) is 33.9. The summed E-state index contributed by atoms with van der Waals surface area (Å²) in [4.78, 5) is 18.4. The Hall–Kier alpha value is -5.51. The quantitative estimate of drug-likeness (QED) is 0.136. The molecule has 0 radical (unpaired) electrons. The van der Waals surface area contributed by atoms with E-state index in [0.717, 1.165) is 38.7 Å². The number of hydrogen-bond donors (Lipinski definition) is 4. The Morgan fingerprint density at radius 3 is 1.80 bits per heavy atom. The number of nitrogen functional groups attached to an aromatic ring is 1. The lowest BCUT2D eigenvalue weighted by Gasteiger charge is -2.36. The van der Waals surface area contributed by atoms with Crippen molar-refractivity contribution in [3.05, 3.63) is 155 Å². The molecule has 0 unspecified atom stereocenters. The molecule has 0 bridgehead atoms. The highest BCUT2D eigenvalue weighted by Crippen LogP contribution is 2.32. The van der Waals surface area contributed by atoms with Crippen LogP contribution in [0.4, 0.5) is 14.9 Å². The Balaban J connectivity index is 1.31. The number of nitrogens with one attached hydrogen (secondary N) is 1. The summed E-state index contributed by atoms with van der Waals surface area (Å²) in [6.45, 7) is 0.352. The second kappa shape index (κ2) is 13.9. The topological polar surface area (TPSA) is 119 Å². The predicted molar refractivity (Wildman–Crippen MR) is 189 cm³/mol. The predicted octanol–water partition coefficient (Wildman–Crippen LogP) is 6.33. The van der Waals surface area contributed by atoms with Gasteiger partial charge in [-0.25, -0.2) is 9.18 Å². The smallest absolute Gasteiger partial charge is 0.321 e. The number of aliphatic hydroxyl groups is 2. The molecule has 2 amide bonds. The van der Waals surface area contributed by atoms with Gasteiger partial charge >= 0.3 is 6.03 Å². The Morgan fingerprint density at radius 2 is 1.22 bits per heavy atom. The van der Waals surface area contributed by atoms with Crippen molar-refractivity contribution in [2.75, 3.05) is 5.73 Å². The van der Waals surface area contributed by atoms with Crippen molar-refractivity contribution in [3.63, 3.8) is 0 Å². The van der Waals surface area contributed by atoms with Crippen LogP contribution in [0.3, 0.4) is 0 Å². The maximum absolute atomic E-state index is 15.0. The molecule has 1 saturated heterocycles. The lowest BCUT2D eigenvalue weighted by Crippen LogP contribution is -2.50. The van der Waals surface area contributed by atoms with Gasteiger partial charge in [-0.05, 0) is 83.6 Å². The first kappa shape index (κ1) is 32.1. The van der Waals surface area contributed by atoms with Gasteiger partial charge < -0.3 is 25.7 Å². The average Bonchev–Trinajstić information content (AvgIpc) is 3.53. The van der Waals surface area contributed by atoms with E-state index in [9.17, 15) is 14.6 Å². The first-order valence-corrected chi connectivity index (χ1v) is 16.4. The van der Waals surface area contributed by atoms with Gasteiger partial charge in [0.05, 0.1) is 23.3 Å². The maximum Gasteiger partial charge on any atom is 0.321 e. The van der Waals surface area contributed by atoms with Gasteiger partial charge in [-0.15, -0.1) is 0 Å². The highest BCUT2D eigenvalue weighted by atomic mass is 19.1. The Morgan fingerprint density at radius 1 is 0.673 bits per heavy atom. The van der Waals surface area contributed by atoms with Crippen molar-refractivity contribution in [2.24, 2.45) is 0 Å². The number of halogens is 1. The highest BCUT2D eigenvalue weighted by Gasteiger charge is 2.46. The van der Waals surface area contributed by atoms with E-state index in [2.05, 4.69) is 10.2 Å². The van der Waals surface area contributed by atoms with Crippen molar-refractivity contribution in [2.45, 2.75) is 50.2 Å². The first-order chi connectivity index (χ1) is 23.8. The van der Waals surface area contributed by atoms with E-state index in [4.69, 9.17) is 5.73 Å². The van der Waals surface area contributed by atoms with Crippen LogP contribution in [0, 0.1) is 5.82 Å². The molecule has 1 aliphatic rings. The van der Waals surface area contributed by atoms with E-state index in [1.54, 1.807) is 28.0 Å². The molecule has 5 aromatic carbocycles. The van der Waals surface area contributed by atoms with E-state index < -0.39 is 24.3 Å². The molecule has 8 nitrogen and oxygen atoms in total. The molecule has 6 aromatic rings. The summed E-state index contributed by atoms with van der Waals surface area (Å²) < 4.78 is 13.7. The highest BCUT2D eigenvalue weighted by molar-refractivity contribution is 5.93. The van der Waals surface area contributed by atoms with E-state index in [0.29, 0.717) is 24.2 Å². The number of carbonyl (C=O) groups excluding carboxylic acids is 1. The van der Waals surface area contributed by atoms with Gasteiger partial charge in [-0.1, -0.05) is 78.9 Å². The monoisotopic (exact) mass is 655 g/mol. The van der Waals surface area contributed by atoms with Gasteiger partial charge in [-0.3, -0.25) is 5.10 Å². The van der Waals surface area contributed by atoms with Crippen molar-refractivity contribution >= 4 is 22.6 Å². The van der Waals surface area contributed by atoms with Crippen LogP contribution in [0.25, 0.3) is 22.2 Å². The fourth-order valence-electron chi connectivity index (χ4n) is 6.89. The molecule has 9 heteroatoms. The number of H-pyrrole nitrogens is 1. The number of anilines is 1. The molecule has 1 aliphatic heterocycles. The fourth-order valence-corrected chi connectivity index (χ4v) is 6.89. The number of aromatic nitrogens is 2. The summed E-state index contributed by atoms with van der Waals surface area (Å²) in [5, 5.41) is 32.4. The maximum atomic E-state index is 15.0. The van der Waals surface area contributed by atoms with E-state index in [1.807, 2.05) is 97.1 Å². The van der Waals surface area contributed by atoms with Crippen LogP contribution >= 0.6 is 0 Å². The third-order valence-electron chi connectivity index (χ3n) is 9.41. The van der Waals surface area contributed by atoms with Crippen molar-refractivity contribution < 1.29 is 19.4 Å². The van der Waals surface area contributed by atoms with E-state index >= 15 is 4.79 Å². The van der Waals surface area contributed by atoms with Crippen LogP contribution in [-0.4, -0.2) is 60.5 Å². The number of hydrogen-bond acceptors (Lipinski definition) is 5. The normalized spacial score (nSPS) is 19.7. The van der Waals surface area contributed by atoms with Crippen LogP contribution in [-0.2, 0) is 25.9 Å². The van der Waals surface area contributed by atoms with Crippen LogP contribution in [0.5, 0.6) is 0 Å². The minimum absolute atomic E-state index is 0.162. The number of benzene rings is 5. The molecule has 0 spiro atoms. The number of urea groups is 1. The SMILES string of the molecule is Nc1cccc(CN2C(=O)N(Cc3ccc4[nH]nc(-c5ccc(F)cc5)c4c3)[C@H](Cc3ccccc3)[C@H](O)[C@@H](O)[C@H]2Cc2ccccc2)c1. The number of nitrogens with zero attached hydrogens (tertiary/aromatic N) is 3. The van der Waals surface area contributed by atoms with Gasteiger partial charge in [0.2, 0.25) is 0 Å². The third kappa shape index (κ3) is 6.90. The zero-order valence-electron chi connectivity index (χ0n) is 26.9. The molecule has 0 saturated carbocycles. The molecule has 1 fully saturated rings. The largest absolute Gasteiger partial charge is 0.399 e. The van der Waals surface area contributed by atoms with Crippen LogP contribution in [0.2, 0.25) is 0 Å². The van der Waals surface area contributed by atoms with Crippen molar-refractivity contribution in [3.8, 4) is 11.3 Å². The molecule has 248 valence electrons. The summed E-state index contributed by atoms with van der Waals surface area (Å²) in [6.07, 6.45) is -1.81. The Bertz CT molecular complexity index is 2040. The number of carbonyl (C=O) groups is 1. The summed E-state index contributed by atoms with van der Waals surface area (Å²) in [5.41, 5.74) is 12.4. The van der Waals surface area contributed by atoms with Crippen LogP contribution in [0.1, 0.15) is 22.3 Å². The second-order valence-corrected chi connectivity index (χ2v) is 12.7. The average molecular weight is 656 g/mol. The molecule has 7 rings (SSSR count). The van der Waals surface area contributed by atoms with Gasteiger partial charge in [-0.2, -0.15) is 5.10 Å². The number of rotatable bonds is 9. The fraction of sp³-hybridized carbons (Fsp3) is 0.200. The van der Waals surface area contributed by atoms with Gasteiger partial charge in [0.1, 0.15) is 18.0 Å². The number of nitrogens with two attached hydrogens (primary N) is 1. The van der Waals surface area contributed by atoms with Crippen molar-refractivity contribution in [1.82, 2.24) is 20.0 Å². The summed E-state index contributed by atoms with van der Waals surface area (Å²) in [6, 6.07) is 37.0. The summed E-state index contributed by atoms with van der Waals surface area (Å²) >= 11 is 0. The zero-order valence-corrected chi connectivity index (χ0v) is 26.9. The van der Waals surface area contributed by atoms with E-state index in [1.165, 1.54) is 12.1 Å². The second-order valence-electron chi connectivity index (χ2n) is 12.7. The molecular weight excluding hydrogens is 617 g/mol. The first-order valence-electron chi connectivity index (χ1n) is 16.4. The summed E-state index contributed by atoms with van der Waals surface area (Å²) in [5.74, 6) is -0.331. The number of amides is 2. The number of aromatic amines is 1. The van der Waals surface area contributed by atoms with Crippen LogP contribution in [0.15, 0.2) is 127 Å². The standard InChI is InChI=1S/C40H38FN5O3/c41-31-17-15-30(16-18-31)37-33-21-29(14-19-34(33)43-44-37)25-46-36(23-27-10-5-2-6-11-27)39(48)38(47)35(22-26-8-3-1-4-9-26)45(40(46)49)24-28-12-7-13-32(42)20-28/h1-21,35-36,38-39,47-48H,22-25,42H2,(H,43,44)/t35-,36-,38+,39+/m1/s1. The van der Waals surface area contributed by atoms with Gasteiger partial charge in [0.15, 0.2) is 0 Å².